The monoisotopic (exact) mass is 280 g/mol. The van der Waals surface area contributed by atoms with Crippen molar-refractivity contribution >= 4 is 29.5 Å². The Morgan fingerprint density at radius 3 is 2.68 bits per heavy atom. The maximum Gasteiger partial charge on any atom is 0.236 e. The Labute approximate surface area is 117 Å². The minimum absolute atomic E-state index is 0.0925. The van der Waals surface area contributed by atoms with Crippen molar-refractivity contribution in [3.63, 3.8) is 0 Å². The molecule has 0 radical (unpaired) electrons. The topological polar surface area (TPSA) is 63.4 Å². The minimum atomic E-state index is -0.413. The lowest BCUT2D eigenvalue weighted by Gasteiger charge is -2.31. The lowest BCUT2D eigenvalue weighted by molar-refractivity contribution is -0.116. The molecule has 0 saturated heterocycles. The van der Waals surface area contributed by atoms with Crippen LogP contribution < -0.4 is 10.6 Å². The van der Waals surface area contributed by atoms with Gasteiger partial charge in [0.1, 0.15) is 0 Å². The van der Waals surface area contributed by atoms with Gasteiger partial charge in [-0.3, -0.25) is 9.59 Å². The van der Waals surface area contributed by atoms with Gasteiger partial charge in [-0.2, -0.15) is 0 Å². The smallest absolute Gasteiger partial charge is 0.236 e. The van der Waals surface area contributed by atoms with Gasteiger partial charge in [-0.05, 0) is 25.0 Å². The number of para-hydroxylation sites is 1. The third kappa shape index (κ3) is 3.07. The van der Waals surface area contributed by atoms with Gasteiger partial charge in [-0.15, -0.1) is 0 Å². The van der Waals surface area contributed by atoms with E-state index >= 15 is 0 Å². The van der Waals surface area contributed by atoms with Crippen LogP contribution in [0.1, 0.15) is 36.0 Å². The molecule has 2 rings (SSSR count). The van der Waals surface area contributed by atoms with Crippen LogP contribution in [0.3, 0.4) is 0 Å². The highest BCUT2D eigenvalue weighted by atomic mass is 35.5. The van der Waals surface area contributed by atoms with E-state index in [1.807, 2.05) is 4.90 Å². The molecule has 0 aliphatic heterocycles. The molecule has 0 atom stereocenters. The van der Waals surface area contributed by atoms with Gasteiger partial charge in [0.25, 0.3) is 0 Å². The predicted octanol–water partition coefficient (Wildman–Crippen LogP) is 2.39. The van der Waals surface area contributed by atoms with Gasteiger partial charge < -0.3 is 10.6 Å². The van der Waals surface area contributed by atoms with Gasteiger partial charge in [-0.1, -0.05) is 30.5 Å². The second-order valence-electron chi connectivity index (χ2n) is 4.83. The number of aldehydes is 1. The lowest BCUT2D eigenvalue weighted by Crippen LogP contribution is -2.40. The first-order chi connectivity index (χ1) is 9.13. The van der Waals surface area contributed by atoms with Crippen LogP contribution in [0.25, 0.3) is 0 Å². The summed E-state index contributed by atoms with van der Waals surface area (Å²) in [4.78, 5) is 24.4. The molecule has 102 valence electrons. The number of benzene rings is 1. The largest absolute Gasteiger partial charge is 0.368 e. The van der Waals surface area contributed by atoms with Gasteiger partial charge in [0.05, 0.1) is 17.3 Å². The van der Waals surface area contributed by atoms with Crippen molar-refractivity contribution in [3.05, 3.63) is 28.8 Å². The normalized spacial score (nSPS) is 15.4. The molecule has 4 nitrogen and oxygen atoms in total. The number of nitrogens with two attached hydrogens (primary N) is 1. The van der Waals surface area contributed by atoms with Crippen LogP contribution in [-0.4, -0.2) is 24.8 Å². The van der Waals surface area contributed by atoms with Crippen LogP contribution in [0.2, 0.25) is 5.02 Å². The number of nitrogens with zero attached hydrogens (tertiary/aromatic N) is 1. The van der Waals surface area contributed by atoms with Crippen molar-refractivity contribution in [2.75, 3.05) is 11.4 Å². The highest BCUT2D eigenvalue weighted by Gasteiger charge is 2.27. The molecule has 0 unspecified atom stereocenters. The average molecular weight is 281 g/mol. The van der Waals surface area contributed by atoms with E-state index in [2.05, 4.69) is 0 Å². The van der Waals surface area contributed by atoms with Crippen LogP contribution in [-0.2, 0) is 4.79 Å². The van der Waals surface area contributed by atoms with Crippen molar-refractivity contribution < 1.29 is 9.59 Å². The molecule has 5 heteroatoms. The Morgan fingerprint density at radius 1 is 1.42 bits per heavy atom. The number of hydrogen-bond acceptors (Lipinski definition) is 3. The first-order valence-electron chi connectivity index (χ1n) is 6.42. The van der Waals surface area contributed by atoms with Crippen molar-refractivity contribution in [3.8, 4) is 0 Å². The molecule has 1 saturated carbocycles. The zero-order valence-electron chi connectivity index (χ0n) is 10.6. The molecule has 19 heavy (non-hydrogen) atoms. The van der Waals surface area contributed by atoms with Gasteiger partial charge in [-0.25, -0.2) is 0 Å². The van der Waals surface area contributed by atoms with Crippen molar-refractivity contribution in [2.45, 2.75) is 31.7 Å². The zero-order chi connectivity index (χ0) is 13.8. The molecule has 0 aromatic heterocycles. The molecule has 2 N–H and O–H groups in total. The molecule has 1 fully saturated rings. The second-order valence-corrected chi connectivity index (χ2v) is 5.24. The number of hydrogen-bond donors (Lipinski definition) is 1. The third-order valence-electron chi connectivity index (χ3n) is 3.52. The van der Waals surface area contributed by atoms with Crippen molar-refractivity contribution in [1.29, 1.82) is 0 Å². The second kappa shape index (κ2) is 6.06. The molecule has 0 heterocycles. The van der Waals surface area contributed by atoms with E-state index in [1.165, 1.54) is 0 Å². The number of halogens is 1. The van der Waals surface area contributed by atoms with Gasteiger partial charge in [0, 0.05) is 11.6 Å². The fraction of sp³-hybridized carbons (Fsp3) is 0.429. The van der Waals surface area contributed by atoms with Gasteiger partial charge >= 0.3 is 0 Å². The molecule has 0 spiro atoms. The van der Waals surface area contributed by atoms with E-state index in [-0.39, 0.29) is 12.6 Å². The summed E-state index contributed by atoms with van der Waals surface area (Å²) in [5.41, 5.74) is 6.46. The summed E-state index contributed by atoms with van der Waals surface area (Å²) in [6, 6.07) is 5.39. The molecule has 1 aromatic carbocycles. The summed E-state index contributed by atoms with van der Waals surface area (Å²) in [7, 11) is 0. The summed E-state index contributed by atoms with van der Waals surface area (Å²) >= 11 is 6.21. The van der Waals surface area contributed by atoms with E-state index in [4.69, 9.17) is 17.3 Å². The number of rotatable bonds is 5. The van der Waals surface area contributed by atoms with Gasteiger partial charge in [0.15, 0.2) is 6.29 Å². The Balaban J connectivity index is 2.41. The number of anilines is 1. The summed E-state index contributed by atoms with van der Waals surface area (Å²) in [6.45, 7) is 0.0925. The summed E-state index contributed by atoms with van der Waals surface area (Å²) in [5, 5.41) is 0.484. The molecular weight excluding hydrogens is 264 g/mol. The van der Waals surface area contributed by atoms with E-state index < -0.39 is 5.91 Å². The van der Waals surface area contributed by atoms with Crippen molar-refractivity contribution in [2.24, 2.45) is 5.73 Å². The maximum absolute atomic E-state index is 11.3. The third-order valence-corrected chi connectivity index (χ3v) is 3.83. The summed E-state index contributed by atoms with van der Waals surface area (Å²) < 4.78 is 0. The van der Waals surface area contributed by atoms with Crippen LogP contribution in [0.4, 0.5) is 5.69 Å². The van der Waals surface area contributed by atoms with E-state index in [1.54, 1.807) is 18.2 Å². The Hall–Kier alpha value is -1.55. The molecule has 1 aliphatic carbocycles. The molecule has 1 aliphatic rings. The zero-order valence-corrected chi connectivity index (χ0v) is 11.4. The number of primary amides is 1. The SMILES string of the molecule is NC(=O)CN(c1c(Cl)cccc1C=O)C1CCCC1. The number of carbonyl (C=O) groups is 2. The van der Waals surface area contributed by atoms with Crippen LogP contribution in [0.15, 0.2) is 18.2 Å². The first kappa shape index (κ1) is 13.9. The van der Waals surface area contributed by atoms with Crippen LogP contribution in [0.5, 0.6) is 0 Å². The fourth-order valence-corrected chi connectivity index (χ4v) is 3.00. The molecule has 1 amide bonds. The Kier molecular flexibility index (Phi) is 4.43. The molecule has 1 aromatic rings. The predicted molar refractivity (Wildman–Crippen MR) is 75.6 cm³/mol. The first-order valence-corrected chi connectivity index (χ1v) is 6.80. The van der Waals surface area contributed by atoms with Crippen molar-refractivity contribution in [1.82, 2.24) is 0 Å². The van der Waals surface area contributed by atoms with Crippen LogP contribution in [0, 0.1) is 0 Å². The van der Waals surface area contributed by atoms with Crippen LogP contribution >= 0.6 is 11.6 Å². The number of carbonyl (C=O) groups excluding carboxylic acids is 2. The lowest BCUT2D eigenvalue weighted by atomic mass is 10.1. The molecular formula is C14H17ClN2O2. The number of amides is 1. The van der Waals surface area contributed by atoms with Gasteiger partial charge in [0.2, 0.25) is 5.91 Å². The van der Waals surface area contributed by atoms with E-state index in [9.17, 15) is 9.59 Å². The van der Waals surface area contributed by atoms with E-state index in [0.717, 1.165) is 32.0 Å². The maximum atomic E-state index is 11.3. The minimum Gasteiger partial charge on any atom is -0.368 e. The summed E-state index contributed by atoms with van der Waals surface area (Å²) in [6.07, 6.45) is 5.01. The average Bonchev–Trinajstić information content (AvgIpc) is 2.89. The Bertz CT molecular complexity index is 484. The molecule has 0 bridgehead atoms. The summed E-state index contributed by atoms with van der Waals surface area (Å²) in [5.74, 6) is -0.413. The Morgan fingerprint density at radius 2 is 2.11 bits per heavy atom. The standard InChI is InChI=1S/C14H17ClN2O2/c15-12-7-3-4-10(9-18)14(12)17(8-13(16)19)11-5-1-2-6-11/h3-4,7,9,11H,1-2,5-6,8H2,(H2,16,19). The highest BCUT2D eigenvalue weighted by molar-refractivity contribution is 6.34. The highest BCUT2D eigenvalue weighted by Crippen LogP contribution is 2.34. The fourth-order valence-electron chi connectivity index (χ4n) is 2.70. The quantitative estimate of drug-likeness (QED) is 0.842. The van der Waals surface area contributed by atoms with E-state index in [0.29, 0.717) is 16.3 Å².